The van der Waals surface area contributed by atoms with Crippen LogP contribution < -0.4 is 4.90 Å². The molecule has 0 atom stereocenters. The third-order valence-corrected chi connectivity index (χ3v) is 7.04. The van der Waals surface area contributed by atoms with Crippen LogP contribution in [-0.2, 0) is 4.79 Å². The molecule has 7 heteroatoms. The highest BCUT2D eigenvalue weighted by Crippen LogP contribution is 2.34. The molecule has 2 aromatic heterocycles. The first kappa shape index (κ1) is 22.1. The number of rotatable bonds is 3. The second-order valence-corrected chi connectivity index (χ2v) is 10.9. The predicted octanol–water partition coefficient (Wildman–Crippen LogP) is 4.80. The first-order chi connectivity index (χ1) is 15.9. The van der Waals surface area contributed by atoms with Crippen molar-refractivity contribution in [3.05, 3.63) is 30.1 Å². The third-order valence-electron chi connectivity index (χ3n) is 7.04. The molecule has 33 heavy (non-hydrogen) atoms. The fourth-order valence-electron chi connectivity index (χ4n) is 5.36. The summed E-state index contributed by atoms with van der Waals surface area (Å²) in [7, 11) is 0. The number of hydrogen-bond donors (Lipinski definition) is 0. The van der Waals surface area contributed by atoms with Crippen molar-refractivity contribution >= 4 is 28.4 Å². The monoisotopic (exact) mass is 448 g/mol. The number of amides is 1. The molecule has 3 heterocycles. The second kappa shape index (κ2) is 8.92. The molecule has 0 unspecified atom stereocenters. The Balaban J connectivity index is 1.51. The molecule has 1 saturated carbocycles. The van der Waals surface area contributed by atoms with E-state index in [2.05, 4.69) is 47.3 Å². The van der Waals surface area contributed by atoms with Crippen LogP contribution in [0.15, 0.2) is 24.3 Å². The van der Waals surface area contributed by atoms with Gasteiger partial charge in [-0.25, -0.2) is 9.38 Å². The number of carbonyl (C=O) groups is 1. The SMILES string of the molecule is CC(C)(C)CC(=O)N1CCCN(c2nc3ccccc3c3nnc(C4CCCCC4)n23)CC1. The second-order valence-electron chi connectivity index (χ2n) is 10.9. The van der Waals surface area contributed by atoms with Crippen LogP contribution in [0.1, 0.15) is 77.5 Å². The van der Waals surface area contributed by atoms with Gasteiger partial charge in [-0.15, -0.1) is 10.2 Å². The van der Waals surface area contributed by atoms with Gasteiger partial charge in [0.25, 0.3) is 0 Å². The van der Waals surface area contributed by atoms with Gasteiger partial charge in [0.2, 0.25) is 11.9 Å². The summed E-state index contributed by atoms with van der Waals surface area (Å²) in [6.07, 6.45) is 7.68. The van der Waals surface area contributed by atoms with Crippen LogP contribution in [0.25, 0.3) is 16.6 Å². The minimum absolute atomic E-state index is 0.00646. The Labute approximate surface area is 196 Å². The van der Waals surface area contributed by atoms with Crippen molar-refractivity contribution in [2.45, 2.75) is 71.6 Å². The average Bonchev–Trinajstić information content (AvgIpc) is 3.09. The molecule has 1 amide bonds. The van der Waals surface area contributed by atoms with E-state index in [1.807, 2.05) is 17.0 Å². The number of para-hydroxylation sites is 1. The molecular weight excluding hydrogens is 412 g/mol. The van der Waals surface area contributed by atoms with Crippen LogP contribution >= 0.6 is 0 Å². The molecule has 176 valence electrons. The number of fused-ring (bicyclic) bond motifs is 3. The molecule has 2 aliphatic rings. The van der Waals surface area contributed by atoms with Gasteiger partial charge in [-0.2, -0.15) is 0 Å². The van der Waals surface area contributed by atoms with Crippen molar-refractivity contribution < 1.29 is 4.79 Å². The van der Waals surface area contributed by atoms with Crippen molar-refractivity contribution in [1.82, 2.24) is 24.5 Å². The van der Waals surface area contributed by atoms with E-state index in [1.54, 1.807) is 0 Å². The van der Waals surface area contributed by atoms with Gasteiger partial charge in [0.15, 0.2) is 5.65 Å². The molecule has 0 spiro atoms. The van der Waals surface area contributed by atoms with Crippen LogP contribution in [-0.4, -0.2) is 56.6 Å². The normalized spacial score (nSPS) is 18.8. The summed E-state index contributed by atoms with van der Waals surface area (Å²) in [6, 6.07) is 8.23. The topological polar surface area (TPSA) is 66.6 Å². The van der Waals surface area contributed by atoms with Crippen LogP contribution in [0.2, 0.25) is 0 Å². The zero-order valence-corrected chi connectivity index (χ0v) is 20.3. The van der Waals surface area contributed by atoms with Gasteiger partial charge >= 0.3 is 0 Å². The van der Waals surface area contributed by atoms with E-state index in [1.165, 1.54) is 32.1 Å². The molecule has 1 saturated heterocycles. The number of carbonyl (C=O) groups excluding carboxylic acids is 1. The molecule has 3 aromatic rings. The van der Waals surface area contributed by atoms with E-state index >= 15 is 0 Å². The number of benzene rings is 1. The predicted molar refractivity (Wildman–Crippen MR) is 132 cm³/mol. The number of anilines is 1. The van der Waals surface area contributed by atoms with E-state index in [4.69, 9.17) is 10.1 Å². The Hall–Kier alpha value is -2.70. The molecule has 0 N–H and O–H groups in total. The van der Waals surface area contributed by atoms with Crippen LogP contribution in [0, 0.1) is 5.41 Å². The Morgan fingerprint density at radius 1 is 0.970 bits per heavy atom. The fourth-order valence-corrected chi connectivity index (χ4v) is 5.36. The Morgan fingerprint density at radius 3 is 2.55 bits per heavy atom. The summed E-state index contributed by atoms with van der Waals surface area (Å²) in [6.45, 7) is 9.57. The summed E-state index contributed by atoms with van der Waals surface area (Å²) < 4.78 is 2.23. The summed E-state index contributed by atoms with van der Waals surface area (Å²) in [4.78, 5) is 22.4. The van der Waals surface area contributed by atoms with Crippen molar-refractivity contribution in [3.63, 3.8) is 0 Å². The van der Waals surface area contributed by atoms with Gasteiger partial charge in [0, 0.05) is 43.9 Å². The number of aromatic nitrogens is 4. The van der Waals surface area contributed by atoms with Gasteiger partial charge in [0.05, 0.1) is 5.52 Å². The van der Waals surface area contributed by atoms with E-state index in [0.717, 1.165) is 60.9 Å². The smallest absolute Gasteiger partial charge is 0.223 e. The van der Waals surface area contributed by atoms with Gasteiger partial charge in [-0.05, 0) is 36.8 Å². The van der Waals surface area contributed by atoms with E-state index in [0.29, 0.717) is 12.3 Å². The summed E-state index contributed by atoms with van der Waals surface area (Å²) in [5.74, 6) is 2.68. The Bertz CT molecular complexity index is 1140. The maximum Gasteiger partial charge on any atom is 0.223 e. The molecule has 1 aliphatic carbocycles. The first-order valence-electron chi connectivity index (χ1n) is 12.6. The number of nitrogens with zero attached hydrogens (tertiary/aromatic N) is 6. The van der Waals surface area contributed by atoms with Crippen LogP contribution in [0.3, 0.4) is 0 Å². The lowest BCUT2D eigenvalue weighted by Gasteiger charge is -2.27. The minimum Gasteiger partial charge on any atom is -0.341 e. The molecule has 5 rings (SSSR count). The van der Waals surface area contributed by atoms with Crippen molar-refractivity contribution in [2.24, 2.45) is 5.41 Å². The lowest BCUT2D eigenvalue weighted by Crippen LogP contribution is -2.37. The van der Waals surface area contributed by atoms with Crippen LogP contribution in [0.4, 0.5) is 5.95 Å². The van der Waals surface area contributed by atoms with E-state index in [9.17, 15) is 4.79 Å². The standard InChI is InChI=1S/C26H36N6O/c1-26(2,3)18-22(33)30-14-9-15-31(17-16-30)25-27-21-13-8-7-12-20(21)24-29-28-23(32(24)25)19-10-5-4-6-11-19/h7-8,12-13,19H,4-6,9-11,14-18H2,1-3H3. The summed E-state index contributed by atoms with van der Waals surface area (Å²) >= 11 is 0. The minimum atomic E-state index is 0.00646. The van der Waals surface area contributed by atoms with E-state index < -0.39 is 0 Å². The van der Waals surface area contributed by atoms with Gasteiger partial charge in [0.1, 0.15) is 5.82 Å². The fraction of sp³-hybridized carbons (Fsp3) is 0.615. The maximum atomic E-state index is 12.9. The zero-order valence-electron chi connectivity index (χ0n) is 20.3. The molecule has 0 bridgehead atoms. The molecule has 1 aliphatic heterocycles. The molecule has 1 aromatic carbocycles. The maximum absolute atomic E-state index is 12.9. The first-order valence-corrected chi connectivity index (χ1v) is 12.6. The lowest BCUT2D eigenvalue weighted by atomic mass is 9.89. The van der Waals surface area contributed by atoms with Gasteiger partial charge in [-0.1, -0.05) is 52.2 Å². The Kier molecular flexibility index (Phi) is 5.97. The summed E-state index contributed by atoms with van der Waals surface area (Å²) in [5.41, 5.74) is 1.86. The summed E-state index contributed by atoms with van der Waals surface area (Å²) in [5, 5.41) is 10.4. The molecule has 2 fully saturated rings. The van der Waals surface area contributed by atoms with Crippen molar-refractivity contribution in [2.75, 3.05) is 31.1 Å². The average molecular weight is 449 g/mol. The largest absolute Gasteiger partial charge is 0.341 e. The molecular formula is C26H36N6O. The third kappa shape index (κ3) is 4.55. The Morgan fingerprint density at radius 2 is 1.76 bits per heavy atom. The molecule has 7 nitrogen and oxygen atoms in total. The lowest BCUT2D eigenvalue weighted by molar-refractivity contribution is -0.132. The van der Waals surface area contributed by atoms with Crippen LogP contribution in [0.5, 0.6) is 0 Å². The van der Waals surface area contributed by atoms with Gasteiger partial charge < -0.3 is 9.80 Å². The van der Waals surface area contributed by atoms with Crippen molar-refractivity contribution in [1.29, 1.82) is 0 Å². The highest BCUT2D eigenvalue weighted by molar-refractivity contribution is 5.92. The highest BCUT2D eigenvalue weighted by Gasteiger charge is 2.28. The quantitative estimate of drug-likeness (QED) is 0.576. The van der Waals surface area contributed by atoms with Gasteiger partial charge in [-0.3, -0.25) is 4.79 Å². The van der Waals surface area contributed by atoms with Crippen molar-refractivity contribution in [3.8, 4) is 0 Å². The highest BCUT2D eigenvalue weighted by atomic mass is 16.2. The molecule has 0 radical (unpaired) electrons. The number of hydrogen-bond acceptors (Lipinski definition) is 5. The van der Waals surface area contributed by atoms with E-state index in [-0.39, 0.29) is 11.3 Å². The zero-order chi connectivity index (χ0) is 23.0.